The number of likely N-dealkylation sites (tertiary alicyclic amines) is 1. The smallest absolute Gasteiger partial charge is 0.253 e. The molecule has 2 aliphatic heterocycles. The molecule has 4 nitrogen and oxygen atoms in total. The Morgan fingerprint density at radius 2 is 2.14 bits per heavy atom. The Kier molecular flexibility index (Phi) is 4.79. The van der Waals surface area contributed by atoms with Crippen molar-refractivity contribution in [3.63, 3.8) is 0 Å². The van der Waals surface area contributed by atoms with Gasteiger partial charge in [-0.25, -0.2) is 0 Å². The second kappa shape index (κ2) is 6.80. The maximum atomic E-state index is 12.9. The summed E-state index contributed by atoms with van der Waals surface area (Å²) in [5.41, 5.74) is 2.56. The average molecular weight is 302 g/mol. The Morgan fingerprint density at radius 1 is 1.32 bits per heavy atom. The summed E-state index contributed by atoms with van der Waals surface area (Å²) in [6.07, 6.45) is 1.84. The molecule has 0 radical (unpaired) electrons. The number of carbonyl (C=O) groups excluding carboxylic acids is 1. The van der Waals surface area contributed by atoms with Gasteiger partial charge in [-0.3, -0.25) is 9.69 Å². The Balaban J connectivity index is 1.75. The summed E-state index contributed by atoms with van der Waals surface area (Å²) >= 11 is 0. The van der Waals surface area contributed by atoms with Crippen LogP contribution < -0.4 is 0 Å². The van der Waals surface area contributed by atoms with Crippen molar-refractivity contribution in [3.8, 4) is 0 Å². The van der Waals surface area contributed by atoms with Crippen molar-refractivity contribution in [3.05, 3.63) is 35.4 Å². The molecule has 1 aromatic carbocycles. The number of hydrogen-bond donors (Lipinski definition) is 0. The van der Waals surface area contributed by atoms with Crippen molar-refractivity contribution < 1.29 is 9.53 Å². The molecule has 0 saturated carbocycles. The van der Waals surface area contributed by atoms with Crippen LogP contribution in [0.15, 0.2) is 24.3 Å². The number of aryl methyl sites for hydroxylation is 1. The van der Waals surface area contributed by atoms with E-state index >= 15 is 0 Å². The fourth-order valence-electron chi connectivity index (χ4n) is 3.64. The summed E-state index contributed by atoms with van der Waals surface area (Å²) in [7, 11) is 0. The minimum atomic E-state index is -0.293. The van der Waals surface area contributed by atoms with Crippen LogP contribution in [0, 0.1) is 6.92 Å². The summed E-state index contributed by atoms with van der Waals surface area (Å²) < 4.78 is 5.77. The van der Waals surface area contributed by atoms with Gasteiger partial charge in [0.05, 0.1) is 12.6 Å². The van der Waals surface area contributed by atoms with Crippen LogP contribution >= 0.6 is 0 Å². The molecule has 1 amide bonds. The lowest BCUT2D eigenvalue weighted by Gasteiger charge is -2.35. The first-order valence-electron chi connectivity index (χ1n) is 8.40. The van der Waals surface area contributed by atoms with Gasteiger partial charge in [-0.1, -0.05) is 31.2 Å². The van der Waals surface area contributed by atoms with Gasteiger partial charge in [-0.05, 0) is 37.4 Å². The lowest BCUT2D eigenvalue weighted by molar-refractivity contribution is -0.150. The molecular formula is C18H26N2O2. The standard InChI is InChI=1S/C18H26N2O2/c1-3-19-11-12-22-17(13-19)18(21)20-10-6-9-16(20)15-8-5-4-7-14(15)2/h4-5,7-8,16-17H,3,6,9-13H2,1-2H3/t16-,17-/m0/s1. The Labute approximate surface area is 133 Å². The molecule has 2 aliphatic rings. The van der Waals surface area contributed by atoms with Crippen LogP contribution in [0.4, 0.5) is 0 Å². The maximum absolute atomic E-state index is 12.9. The van der Waals surface area contributed by atoms with E-state index in [0.717, 1.165) is 39.0 Å². The minimum Gasteiger partial charge on any atom is -0.366 e. The van der Waals surface area contributed by atoms with Crippen molar-refractivity contribution >= 4 is 5.91 Å². The predicted octanol–water partition coefficient (Wildman–Crippen LogP) is 2.38. The molecule has 2 heterocycles. The van der Waals surface area contributed by atoms with Gasteiger partial charge in [-0.2, -0.15) is 0 Å². The molecule has 0 aliphatic carbocycles. The Bertz CT molecular complexity index is 532. The molecule has 2 atom stereocenters. The molecule has 4 heteroatoms. The fourth-order valence-corrected chi connectivity index (χ4v) is 3.64. The normalized spacial score (nSPS) is 26.4. The molecule has 0 unspecified atom stereocenters. The molecule has 0 N–H and O–H groups in total. The predicted molar refractivity (Wildman–Crippen MR) is 86.7 cm³/mol. The number of amides is 1. The van der Waals surface area contributed by atoms with Crippen molar-refractivity contribution in [1.29, 1.82) is 0 Å². The monoisotopic (exact) mass is 302 g/mol. The molecule has 2 saturated heterocycles. The van der Waals surface area contributed by atoms with E-state index in [1.807, 2.05) is 4.90 Å². The number of hydrogen-bond acceptors (Lipinski definition) is 3. The van der Waals surface area contributed by atoms with Gasteiger partial charge in [0.15, 0.2) is 0 Å². The van der Waals surface area contributed by atoms with Crippen molar-refractivity contribution in [2.45, 2.75) is 38.8 Å². The third-order valence-electron chi connectivity index (χ3n) is 4.96. The molecule has 3 rings (SSSR count). The van der Waals surface area contributed by atoms with Crippen LogP contribution in [0.1, 0.15) is 36.9 Å². The molecule has 22 heavy (non-hydrogen) atoms. The maximum Gasteiger partial charge on any atom is 0.253 e. The van der Waals surface area contributed by atoms with E-state index in [-0.39, 0.29) is 18.1 Å². The van der Waals surface area contributed by atoms with Crippen LogP contribution in [-0.2, 0) is 9.53 Å². The lowest BCUT2D eigenvalue weighted by Crippen LogP contribution is -2.50. The third kappa shape index (κ3) is 3.03. The Morgan fingerprint density at radius 3 is 2.91 bits per heavy atom. The number of carbonyl (C=O) groups is 1. The van der Waals surface area contributed by atoms with Gasteiger partial charge in [0.2, 0.25) is 0 Å². The van der Waals surface area contributed by atoms with E-state index < -0.39 is 0 Å². The van der Waals surface area contributed by atoms with Crippen molar-refractivity contribution in [2.75, 3.05) is 32.8 Å². The highest BCUT2D eigenvalue weighted by Gasteiger charge is 2.36. The quantitative estimate of drug-likeness (QED) is 0.859. The number of ether oxygens (including phenoxy) is 1. The minimum absolute atomic E-state index is 0.170. The van der Waals surface area contributed by atoms with Crippen LogP contribution in [0.2, 0.25) is 0 Å². The Hall–Kier alpha value is -1.39. The van der Waals surface area contributed by atoms with Gasteiger partial charge >= 0.3 is 0 Å². The van der Waals surface area contributed by atoms with Gasteiger partial charge in [0.1, 0.15) is 6.10 Å². The SMILES string of the molecule is CCN1CCO[C@H](C(=O)N2CCC[C@H]2c2ccccc2C)C1. The summed E-state index contributed by atoms with van der Waals surface area (Å²) in [4.78, 5) is 17.3. The van der Waals surface area contributed by atoms with Gasteiger partial charge in [0.25, 0.3) is 5.91 Å². The van der Waals surface area contributed by atoms with E-state index in [9.17, 15) is 4.79 Å². The zero-order valence-electron chi connectivity index (χ0n) is 13.6. The van der Waals surface area contributed by atoms with E-state index in [1.54, 1.807) is 0 Å². The van der Waals surface area contributed by atoms with Crippen LogP contribution in [-0.4, -0.2) is 54.6 Å². The second-order valence-electron chi connectivity index (χ2n) is 6.30. The number of nitrogens with zero attached hydrogens (tertiary/aromatic N) is 2. The molecule has 0 bridgehead atoms. The second-order valence-corrected chi connectivity index (χ2v) is 6.30. The molecule has 120 valence electrons. The number of rotatable bonds is 3. The molecule has 2 fully saturated rings. The van der Waals surface area contributed by atoms with Crippen LogP contribution in [0.25, 0.3) is 0 Å². The largest absolute Gasteiger partial charge is 0.366 e. The first-order chi connectivity index (χ1) is 10.7. The number of benzene rings is 1. The highest BCUT2D eigenvalue weighted by atomic mass is 16.5. The third-order valence-corrected chi connectivity index (χ3v) is 4.96. The fraction of sp³-hybridized carbons (Fsp3) is 0.611. The highest BCUT2D eigenvalue weighted by molar-refractivity contribution is 5.82. The lowest BCUT2D eigenvalue weighted by atomic mass is 9.99. The van der Waals surface area contributed by atoms with E-state index in [1.165, 1.54) is 11.1 Å². The molecule has 0 aromatic heterocycles. The summed E-state index contributed by atoms with van der Waals surface area (Å²) in [6, 6.07) is 8.63. The zero-order chi connectivity index (χ0) is 15.5. The van der Waals surface area contributed by atoms with Gasteiger partial charge in [0, 0.05) is 19.6 Å². The van der Waals surface area contributed by atoms with Crippen molar-refractivity contribution in [2.24, 2.45) is 0 Å². The van der Waals surface area contributed by atoms with E-state index in [0.29, 0.717) is 6.61 Å². The first-order valence-corrected chi connectivity index (χ1v) is 8.40. The van der Waals surface area contributed by atoms with E-state index in [4.69, 9.17) is 4.74 Å². The molecule has 0 spiro atoms. The van der Waals surface area contributed by atoms with Crippen molar-refractivity contribution in [1.82, 2.24) is 9.80 Å². The number of morpholine rings is 1. The van der Waals surface area contributed by atoms with Gasteiger partial charge in [-0.15, -0.1) is 0 Å². The average Bonchev–Trinajstić information content (AvgIpc) is 3.04. The molecule has 1 aromatic rings. The zero-order valence-corrected chi connectivity index (χ0v) is 13.6. The first kappa shape index (κ1) is 15.5. The highest BCUT2D eigenvalue weighted by Crippen LogP contribution is 2.34. The summed E-state index contributed by atoms with van der Waals surface area (Å²) in [5, 5.41) is 0. The van der Waals surface area contributed by atoms with Gasteiger partial charge < -0.3 is 9.64 Å². The number of likely N-dealkylation sites (N-methyl/N-ethyl adjacent to an activating group) is 1. The topological polar surface area (TPSA) is 32.8 Å². The van der Waals surface area contributed by atoms with E-state index in [2.05, 4.69) is 43.0 Å². The summed E-state index contributed by atoms with van der Waals surface area (Å²) in [5.74, 6) is 0.170. The molecular weight excluding hydrogens is 276 g/mol. The van der Waals surface area contributed by atoms with Crippen LogP contribution in [0.3, 0.4) is 0 Å². The van der Waals surface area contributed by atoms with Crippen LogP contribution in [0.5, 0.6) is 0 Å². The summed E-state index contributed by atoms with van der Waals surface area (Å²) in [6.45, 7) is 8.42.